The van der Waals surface area contributed by atoms with Crippen LogP contribution in [0.15, 0.2) is 79.0 Å². The number of amides is 2. The number of fused-ring (bicyclic) bond motifs is 1. The highest BCUT2D eigenvalue weighted by Crippen LogP contribution is 2.22. The van der Waals surface area contributed by atoms with Gasteiger partial charge in [-0.2, -0.15) is 0 Å². The van der Waals surface area contributed by atoms with Crippen molar-refractivity contribution >= 4 is 22.7 Å². The van der Waals surface area contributed by atoms with Gasteiger partial charge in [0.05, 0.1) is 7.11 Å². The summed E-state index contributed by atoms with van der Waals surface area (Å²) in [6.07, 6.45) is 3.63. The number of carbonyl (C=O) groups excluding carboxylic acids is 2. The zero-order valence-electron chi connectivity index (χ0n) is 23.4. The summed E-state index contributed by atoms with van der Waals surface area (Å²) in [4.78, 5) is 34.3. The number of aromatic nitrogens is 1. The normalized spacial score (nSPS) is 11.1. The van der Waals surface area contributed by atoms with E-state index in [-0.39, 0.29) is 24.3 Å². The molecule has 0 aliphatic heterocycles. The number of carbonyl (C=O) groups is 2. The Balaban J connectivity index is 1.57. The number of aromatic amines is 1. The number of methoxy groups -OCH3 is 1. The minimum atomic E-state index is -0.117. The van der Waals surface area contributed by atoms with Crippen LogP contribution in [0.2, 0.25) is 0 Å². The third-order valence-electron chi connectivity index (χ3n) is 7.04. The first-order valence-electron chi connectivity index (χ1n) is 13.7. The van der Waals surface area contributed by atoms with Gasteiger partial charge in [0.15, 0.2) is 0 Å². The van der Waals surface area contributed by atoms with Gasteiger partial charge >= 0.3 is 0 Å². The highest BCUT2D eigenvalue weighted by molar-refractivity contribution is 5.96. The van der Waals surface area contributed by atoms with E-state index in [1.54, 1.807) is 12.0 Å². The first-order valence-corrected chi connectivity index (χ1v) is 13.7. The van der Waals surface area contributed by atoms with Crippen LogP contribution in [-0.4, -0.2) is 53.3 Å². The van der Waals surface area contributed by atoms with Crippen LogP contribution in [0.25, 0.3) is 10.9 Å². The first-order chi connectivity index (χ1) is 18.9. The Morgan fingerprint density at radius 3 is 2.33 bits per heavy atom. The lowest BCUT2D eigenvalue weighted by Gasteiger charge is -2.29. The van der Waals surface area contributed by atoms with Gasteiger partial charge in [0.2, 0.25) is 5.91 Å². The molecule has 0 saturated heterocycles. The van der Waals surface area contributed by atoms with Crippen LogP contribution in [0, 0.1) is 5.92 Å². The van der Waals surface area contributed by atoms with Gasteiger partial charge in [-0.3, -0.25) is 9.59 Å². The molecule has 0 saturated carbocycles. The second-order valence-corrected chi connectivity index (χ2v) is 10.4. The molecule has 1 heterocycles. The monoisotopic (exact) mass is 525 g/mol. The van der Waals surface area contributed by atoms with Crippen molar-refractivity contribution in [2.45, 2.75) is 40.2 Å². The van der Waals surface area contributed by atoms with E-state index in [9.17, 15) is 9.59 Å². The molecule has 0 atom stereocenters. The largest absolute Gasteiger partial charge is 0.496 e. The number of aryl methyl sites for hydroxylation is 1. The molecular formula is C33H39N3O3. The average Bonchev–Trinajstić information content (AvgIpc) is 3.37. The van der Waals surface area contributed by atoms with Crippen molar-refractivity contribution in [3.8, 4) is 5.75 Å². The lowest BCUT2D eigenvalue weighted by atomic mass is 10.1. The van der Waals surface area contributed by atoms with Crippen LogP contribution >= 0.6 is 0 Å². The molecule has 0 unspecified atom stereocenters. The molecule has 4 rings (SSSR count). The first kappa shape index (κ1) is 28.0. The van der Waals surface area contributed by atoms with Gasteiger partial charge in [-0.15, -0.1) is 0 Å². The van der Waals surface area contributed by atoms with E-state index >= 15 is 0 Å². The fourth-order valence-electron chi connectivity index (χ4n) is 4.91. The fourth-order valence-corrected chi connectivity index (χ4v) is 4.91. The molecule has 0 radical (unpaired) electrons. The third kappa shape index (κ3) is 7.08. The van der Waals surface area contributed by atoms with Crippen molar-refractivity contribution in [1.29, 1.82) is 0 Å². The molecule has 6 heteroatoms. The number of para-hydroxylation sites is 2. The Kier molecular flexibility index (Phi) is 9.42. The standard InChI is InChI=1S/C33H39N3O3/c1-5-25-14-16-26(17-15-25)33(38)36(21-24(2)3)23-32(37)35(22-28-10-6-9-13-31(28)39-4)19-18-27-20-34-30-12-8-7-11-29(27)30/h6-17,20,24,34H,5,18-19,21-23H2,1-4H3. The molecule has 204 valence electrons. The molecule has 0 bridgehead atoms. The predicted molar refractivity (Wildman–Crippen MR) is 157 cm³/mol. The minimum Gasteiger partial charge on any atom is -0.496 e. The zero-order valence-corrected chi connectivity index (χ0v) is 23.4. The van der Waals surface area contributed by atoms with E-state index in [4.69, 9.17) is 4.74 Å². The van der Waals surface area contributed by atoms with Crippen LogP contribution in [0.4, 0.5) is 0 Å². The summed E-state index contributed by atoms with van der Waals surface area (Å²) in [6.45, 7) is 7.67. The second kappa shape index (κ2) is 13.1. The third-order valence-corrected chi connectivity index (χ3v) is 7.04. The van der Waals surface area contributed by atoms with Crippen molar-refractivity contribution in [2.75, 3.05) is 26.7 Å². The molecule has 3 aromatic carbocycles. The van der Waals surface area contributed by atoms with Crippen LogP contribution in [0.3, 0.4) is 0 Å². The number of rotatable bonds is 12. The minimum absolute atomic E-state index is 0.0234. The van der Waals surface area contributed by atoms with E-state index < -0.39 is 0 Å². The van der Waals surface area contributed by atoms with Crippen LogP contribution in [-0.2, 0) is 24.2 Å². The van der Waals surface area contributed by atoms with Crippen LogP contribution < -0.4 is 4.74 Å². The number of nitrogens with one attached hydrogen (secondary N) is 1. The van der Waals surface area contributed by atoms with Crippen molar-refractivity contribution in [2.24, 2.45) is 5.92 Å². The smallest absolute Gasteiger partial charge is 0.254 e. The molecule has 0 fully saturated rings. The lowest BCUT2D eigenvalue weighted by molar-refractivity contribution is -0.132. The maximum Gasteiger partial charge on any atom is 0.254 e. The molecule has 0 aliphatic rings. The van der Waals surface area contributed by atoms with Crippen molar-refractivity contribution in [3.63, 3.8) is 0 Å². The molecule has 0 aliphatic carbocycles. The number of nitrogens with zero attached hydrogens (tertiary/aromatic N) is 2. The Morgan fingerprint density at radius 2 is 1.62 bits per heavy atom. The SMILES string of the molecule is CCc1ccc(C(=O)N(CC(=O)N(CCc2c[nH]c3ccccc23)Cc2ccccc2OC)CC(C)C)cc1. The molecule has 6 nitrogen and oxygen atoms in total. The number of H-pyrrole nitrogens is 1. The zero-order chi connectivity index (χ0) is 27.8. The van der Waals surface area contributed by atoms with E-state index in [0.717, 1.165) is 34.2 Å². The van der Waals surface area contributed by atoms with Crippen molar-refractivity contribution in [3.05, 3.63) is 101 Å². The predicted octanol–water partition coefficient (Wildman–Crippen LogP) is 6.11. The van der Waals surface area contributed by atoms with Gasteiger partial charge < -0.3 is 19.5 Å². The maximum atomic E-state index is 13.9. The maximum absolute atomic E-state index is 13.9. The Bertz CT molecular complexity index is 1390. The summed E-state index contributed by atoms with van der Waals surface area (Å²) in [7, 11) is 1.64. The van der Waals surface area contributed by atoms with Crippen molar-refractivity contribution in [1.82, 2.24) is 14.8 Å². The van der Waals surface area contributed by atoms with E-state index in [0.29, 0.717) is 31.6 Å². The van der Waals surface area contributed by atoms with Gasteiger partial charge in [-0.25, -0.2) is 0 Å². The van der Waals surface area contributed by atoms with E-state index in [2.05, 4.69) is 37.9 Å². The molecule has 1 aromatic heterocycles. The molecule has 39 heavy (non-hydrogen) atoms. The summed E-state index contributed by atoms with van der Waals surface area (Å²) in [5, 5.41) is 1.16. The Labute approximate surface area is 231 Å². The van der Waals surface area contributed by atoms with Gasteiger partial charge in [-0.05, 0) is 54.2 Å². The molecule has 0 spiro atoms. The van der Waals surface area contributed by atoms with Crippen molar-refractivity contribution < 1.29 is 14.3 Å². The summed E-state index contributed by atoms with van der Waals surface area (Å²) in [6, 6.07) is 23.7. The molecule has 2 amide bonds. The van der Waals surface area contributed by atoms with Crippen LogP contribution in [0.5, 0.6) is 5.75 Å². The summed E-state index contributed by atoms with van der Waals surface area (Å²) in [5.74, 6) is 0.771. The van der Waals surface area contributed by atoms with E-state index in [1.807, 2.05) is 71.8 Å². The molecular weight excluding hydrogens is 486 g/mol. The van der Waals surface area contributed by atoms with Crippen LogP contribution in [0.1, 0.15) is 47.8 Å². The Hall–Kier alpha value is -4.06. The topological polar surface area (TPSA) is 65.6 Å². The highest BCUT2D eigenvalue weighted by Gasteiger charge is 2.24. The van der Waals surface area contributed by atoms with Gasteiger partial charge in [-0.1, -0.05) is 69.3 Å². The summed E-state index contributed by atoms with van der Waals surface area (Å²) >= 11 is 0. The van der Waals surface area contributed by atoms with Gasteiger partial charge in [0, 0.05) is 47.9 Å². The average molecular weight is 526 g/mol. The van der Waals surface area contributed by atoms with E-state index in [1.165, 1.54) is 5.56 Å². The number of benzene rings is 3. The Morgan fingerprint density at radius 1 is 0.897 bits per heavy atom. The lowest BCUT2D eigenvalue weighted by Crippen LogP contribution is -2.44. The number of hydrogen-bond donors (Lipinski definition) is 1. The highest BCUT2D eigenvalue weighted by atomic mass is 16.5. The van der Waals surface area contributed by atoms with Gasteiger partial charge in [0.1, 0.15) is 12.3 Å². The second-order valence-electron chi connectivity index (χ2n) is 10.4. The summed E-state index contributed by atoms with van der Waals surface area (Å²) in [5.41, 5.74) is 4.96. The van der Waals surface area contributed by atoms with Gasteiger partial charge in [0.25, 0.3) is 5.91 Å². The number of hydrogen-bond acceptors (Lipinski definition) is 3. The fraction of sp³-hybridized carbons (Fsp3) is 0.333. The quantitative estimate of drug-likeness (QED) is 0.243. The molecule has 4 aromatic rings. The summed E-state index contributed by atoms with van der Waals surface area (Å²) < 4.78 is 5.58. The molecule has 1 N–H and O–H groups in total. The number of ether oxygens (including phenoxy) is 1.